The van der Waals surface area contributed by atoms with Crippen LogP contribution in [0, 0.1) is 5.92 Å². The fourth-order valence-electron chi connectivity index (χ4n) is 3.14. The minimum Gasteiger partial charge on any atom is -0.375 e. The van der Waals surface area contributed by atoms with Gasteiger partial charge in [0.25, 0.3) is 0 Å². The number of morpholine rings is 1. The van der Waals surface area contributed by atoms with E-state index in [1.54, 1.807) is 6.07 Å². The molecule has 1 amide bonds. The standard InChI is InChI=1S/C15H21ClN4O2/c1-11-9-20(7-8-22-11)15(21)12-3-2-6-19(10-12)14-5-4-13(16)17-18-14/h4-5,11-12H,2-3,6-10H2,1H3. The van der Waals surface area contributed by atoms with Gasteiger partial charge < -0.3 is 14.5 Å². The van der Waals surface area contributed by atoms with Crippen LogP contribution in [0.4, 0.5) is 5.82 Å². The molecule has 6 nitrogen and oxygen atoms in total. The lowest BCUT2D eigenvalue weighted by Crippen LogP contribution is -2.50. The molecule has 0 spiro atoms. The summed E-state index contributed by atoms with van der Waals surface area (Å²) in [7, 11) is 0. The number of carbonyl (C=O) groups excluding carboxylic acids is 1. The second-order valence-electron chi connectivity index (χ2n) is 5.97. The zero-order chi connectivity index (χ0) is 15.5. The predicted molar refractivity (Wildman–Crippen MR) is 84.0 cm³/mol. The first-order valence-corrected chi connectivity index (χ1v) is 8.16. The van der Waals surface area contributed by atoms with Crippen LogP contribution in [0.5, 0.6) is 0 Å². The van der Waals surface area contributed by atoms with Gasteiger partial charge in [-0.3, -0.25) is 4.79 Å². The maximum atomic E-state index is 12.7. The fraction of sp³-hybridized carbons (Fsp3) is 0.667. The van der Waals surface area contributed by atoms with E-state index < -0.39 is 0 Å². The topological polar surface area (TPSA) is 58.6 Å². The zero-order valence-corrected chi connectivity index (χ0v) is 13.5. The largest absolute Gasteiger partial charge is 0.375 e. The second kappa shape index (κ2) is 6.79. The maximum absolute atomic E-state index is 12.7. The Morgan fingerprint density at radius 2 is 2.18 bits per heavy atom. The zero-order valence-electron chi connectivity index (χ0n) is 12.7. The minimum atomic E-state index is 0.0246. The van der Waals surface area contributed by atoms with Crippen molar-refractivity contribution in [1.82, 2.24) is 15.1 Å². The summed E-state index contributed by atoms with van der Waals surface area (Å²) in [5.74, 6) is 1.05. The van der Waals surface area contributed by atoms with E-state index >= 15 is 0 Å². The Morgan fingerprint density at radius 3 is 2.91 bits per heavy atom. The average molecular weight is 325 g/mol. The highest BCUT2D eigenvalue weighted by Gasteiger charge is 2.31. The molecule has 120 valence electrons. The van der Waals surface area contributed by atoms with Gasteiger partial charge in [-0.25, -0.2) is 0 Å². The van der Waals surface area contributed by atoms with Gasteiger partial charge in [-0.2, -0.15) is 0 Å². The highest BCUT2D eigenvalue weighted by molar-refractivity contribution is 6.29. The number of piperidine rings is 1. The van der Waals surface area contributed by atoms with E-state index in [9.17, 15) is 4.79 Å². The number of nitrogens with zero attached hydrogens (tertiary/aromatic N) is 4. The van der Waals surface area contributed by atoms with Gasteiger partial charge in [-0.15, -0.1) is 10.2 Å². The Bertz CT molecular complexity index is 525. The molecule has 2 unspecified atom stereocenters. The summed E-state index contributed by atoms with van der Waals surface area (Å²) in [6, 6.07) is 3.60. The van der Waals surface area contributed by atoms with E-state index in [0.717, 1.165) is 25.2 Å². The molecule has 0 saturated carbocycles. The molecule has 2 aliphatic heterocycles. The van der Waals surface area contributed by atoms with Crippen LogP contribution < -0.4 is 4.90 Å². The molecule has 2 aliphatic rings. The first-order chi connectivity index (χ1) is 10.6. The van der Waals surface area contributed by atoms with Crippen LogP contribution in [-0.4, -0.2) is 59.9 Å². The average Bonchev–Trinajstić information content (AvgIpc) is 2.55. The number of anilines is 1. The molecule has 3 heterocycles. The van der Waals surface area contributed by atoms with Crippen molar-refractivity contribution < 1.29 is 9.53 Å². The maximum Gasteiger partial charge on any atom is 0.227 e. The van der Waals surface area contributed by atoms with Crippen LogP contribution in [0.2, 0.25) is 5.15 Å². The van der Waals surface area contributed by atoms with Crippen LogP contribution >= 0.6 is 11.6 Å². The van der Waals surface area contributed by atoms with Gasteiger partial charge in [0.2, 0.25) is 5.91 Å². The molecule has 0 aliphatic carbocycles. The number of hydrogen-bond donors (Lipinski definition) is 0. The number of aromatic nitrogens is 2. The Hall–Kier alpha value is -1.40. The number of ether oxygens (including phenoxy) is 1. The Kier molecular flexibility index (Phi) is 4.78. The van der Waals surface area contributed by atoms with Gasteiger partial charge in [-0.05, 0) is 31.9 Å². The first-order valence-electron chi connectivity index (χ1n) is 7.78. The molecule has 0 radical (unpaired) electrons. The lowest BCUT2D eigenvalue weighted by molar-refractivity contribution is -0.142. The van der Waals surface area contributed by atoms with Crippen molar-refractivity contribution in [3.8, 4) is 0 Å². The first kappa shape index (κ1) is 15.5. The lowest BCUT2D eigenvalue weighted by atomic mass is 9.96. The van der Waals surface area contributed by atoms with Gasteiger partial charge in [0.15, 0.2) is 11.0 Å². The van der Waals surface area contributed by atoms with Crippen molar-refractivity contribution in [2.75, 3.05) is 37.7 Å². The van der Waals surface area contributed by atoms with Crippen molar-refractivity contribution in [3.63, 3.8) is 0 Å². The molecular weight excluding hydrogens is 304 g/mol. The van der Waals surface area contributed by atoms with E-state index in [1.165, 1.54) is 0 Å². The number of hydrogen-bond acceptors (Lipinski definition) is 5. The van der Waals surface area contributed by atoms with E-state index in [-0.39, 0.29) is 17.9 Å². The molecule has 0 bridgehead atoms. The van der Waals surface area contributed by atoms with E-state index in [0.29, 0.717) is 31.4 Å². The minimum absolute atomic E-state index is 0.0246. The van der Waals surface area contributed by atoms with Crippen LogP contribution in [0.25, 0.3) is 0 Å². The molecule has 1 aromatic rings. The third kappa shape index (κ3) is 3.50. The number of amides is 1. The monoisotopic (exact) mass is 324 g/mol. The van der Waals surface area contributed by atoms with Crippen LogP contribution in [0.3, 0.4) is 0 Å². The Morgan fingerprint density at radius 1 is 1.32 bits per heavy atom. The fourth-order valence-corrected chi connectivity index (χ4v) is 3.24. The van der Waals surface area contributed by atoms with Crippen LogP contribution in [0.1, 0.15) is 19.8 Å². The van der Waals surface area contributed by atoms with Gasteiger partial charge in [0.1, 0.15) is 0 Å². The summed E-state index contributed by atoms with van der Waals surface area (Å²) < 4.78 is 5.51. The molecule has 2 atom stereocenters. The van der Waals surface area contributed by atoms with Crippen LogP contribution in [-0.2, 0) is 9.53 Å². The van der Waals surface area contributed by atoms with E-state index in [2.05, 4.69) is 15.1 Å². The summed E-state index contributed by atoms with van der Waals surface area (Å²) >= 11 is 5.78. The lowest BCUT2D eigenvalue weighted by Gasteiger charge is -2.37. The van der Waals surface area contributed by atoms with Gasteiger partial charge in [0, 0.05) is 26.2 Å². The summed E-state index contributed by atoms with van der Waals surface area (Å²) in [5, 5.41) is 8.39. The van der Waals surface area contributed by atoms with Crippen molar-refractivity contribution >= 4 is 23.3 Å². The molecular formula is C15H21ClN4O2. The summed E-state index contributed by atoms with van der Waals surface area (Å²) in [5.41, 5.74) is 0. The molecule has 22 heavy (non-hydrogen) atoms. The summed E-state index contributed by atoms with van der Waals surface area (Å²) in [4.78, 5) is 16.8. The van der Waals surface area contributed by atoms with Crippen molar-refractivity contribution in [2.45, 2.75) is 25.9 Å². The van der Waals surface area contributed by atoms with Crippen molar-refractivity contribution in [3.05, 3.63) is 17.3 Å². The second-order valence-corrected chi connectivity index (χ2v) is 6.35. The molecule has 2 fully saturated rings. The third-order valence-corrected chi connectivity index (χ3v) is 4.47. The van der Waals surface area contributed by atoms with Gasteiger partial charge >= 0.3 is 0 Å². The Balaban J connectivity index is 1.64. The Labute approximate surface area is 135 Å². The van der Waals surface area contributed by atoms with Crippen LogP contribution in [0.15, 0.2) is 12.1 Å². The number of rotatable bonds is 2. The quantitative estimate of drug-likeness (QED) is 0.827. The smallest absolute Gasteiger partial charge is 0.227 e. The molecule has 0 N–H and O–H groups in total. The number of halogens is 1. The molecule has 1 aromatic heterocycles. The van der Waals surface area contributed by atoms with Crippen molar-refractivity contribution in [2.24, 2.45) is 5.92 Å². The highest BCUT2D eigenvalue weighted by atomic mass is 35.5. The molecule has 0 aromatic carbocycles. The SMILES string of the molecule is CC1CN(C(=O)C2CCCN(c3ccc(Cl)nn3)C2)CCO1. The van der Waals surface area contributed by atoms with E-state index in [1.807, 2.05) is 17.9 Å². The predicted octanol–water partition coefficient (Wildman–Crippen LogP) is 1.59. The summed E-state index contributed by atoms with van der Waals surface area (Å²) in [6.45, 7) is 5.62. The molecule has 7 heteroatoms. The van der Waals surface area contributed by atoms with Gasteiger partial charge in [-0.1, -0.05) is 11.6 Å². The normalized spacial score (nSPS) is 26.1. The number of carbonyl (C=O) groups is 1. The van der Waals surface area contributed by atoms with Gasteiger partial charge in [0.05, 0.1) is 18.6 Å². The molecule has 2 saturated heterocycles. The third-order valence-electron chi connectivity index (χ3n) is 4.27. The highest BCUT2D eigenvalue weighted by Crippen LogP contribution is 2.24. The molecule has 3 rings (SSSR count). The van der Waals surface area contributed by atoms with E-state index in [4.69, 9.17) is 16.3 Å². The summed E-state index contributed by atoms with van der Waals surface area (Å²) in [6.07, 6.45) is 2.04. The van der Waals surface area contributed by atoms with Crippen molar-refractivity contribution in [1.29, 1.82) is 0 Å².